The Morgan fingerprint density at radius 1 is 1.50 bits per heavy atom. The van der Waals surface area contributed by atoms with Crippen molar-refractivity contribution in [1.82, 2.24) is 9.88 Å². The van der Waals surface area contributed by atoms with Crippen LogP contribution in [0.25, 0.3) is 0 Å². The fourth-order valence-electron chi connectivity index (χ4n) is 2.73. The maximum Gasteiger partial charge on any atom is 0.256 e. The monoisotopic (exact) mass is 339 g/mol. The minimum absolute atomic E-state index is 0.129. The van der Waals surface area contributed by atoms with Crippen molar-refractivity contribution >= 4 is 34.5 Å². The molecule has 0 spiro atoms. The molecule has 1 aliphatic rings. The lowest BCUT2D eigenvalue weighted by molar-refractivity contribution is 0.0707. The van der Waals surface area contributed by atoms with E-state index in [0.29, 0.717) is 13.1 Å². The first-order valence-electron chi connectivity index (χ1n) is 6.99. The van der Waals surface area contributed by atoms with Crippen molar-refractivity contribution in [1.29, 1.82) is 0 Å². The number of benzene rings is 1. The molecular formula is C15H15ClFN3OS. The van der Waals surface area contributed by atoms with Crippen LogP contribution in [0.15, 0.2) is 23.7 Å². The van der Waals surface area contributed by atoms with Gasteiger partial charge in [-0.25, -0.2) is 9.37 Å². The summed E-state index contributed by atoms with van der Waals surface area (Å²) in [5.74, 6) is -0.715. The summed E-state index contributed by atoms with van der Waals surface area (Å²) in [5, 5.41) is 3.13. The summed E-state index contributed by atoms with van der Waals surface area (Å²) in [6.07, 6.45) is 3.65. The second kappa shape index (κ2) is 6.22. The average molecular weight is 340 g/mol. The van der Waals surface area contributed by atoms with Crippen LogP contribution in [0.2, 0.25) is 5.02 Å². The number of thiazole rings is 1. The molecule has 1 aliphatic heterocycles. The number of nitrogen functional groups attached to an aromatic ring is 1. The number of piperidine rings is 1. The standard InChI is InChI=1S/C15H15ClFN3OS/c16-10-6-11(13(18)12(17)7-10)15(21)20-4-1-2-9(8-20)14-19-3-5-22-14/h3,5-7,9H,1-2,4,8,18H2/t9-/m0/s1. The molecule has 0 radical (unpaired) electrons. The van der Waals surface area contributed by atoms with Crippen molar-refractivity contribution in [3.05, 3.63) is 45.1 Å². The van der Waals surface area contributed by atoms with Gasteiger partial charge in [-0.1, -0.05) is 11.6 Å². The van der Waals surface area contributed by atoms with Gasteiger partial charge in [0.05, 0.1) is 16.3 Å². The summed E-state index contributed by atoms with van der Waals surface area (Å²) in [4.78, 5) is 18.7. The van der Waals surface area contributed by atoms with Gasteiger partial charge in [-0.15, -0.1) is 11.3 Å². The van der Waals surface area contributed by atoms with E-state index in [1.807, 2.05) is 5.38 Å². The van der Waals surface area contributed by atoms with E-state index in [1.165, 1.54) is 6.07 Å². The summed E-state index contributed by atoms with van der Waals surface area (Å²) in [6, 6.07) is 2.54. The van der Waals surface area contributed by atoms with E-state index in [-0.39, 0.29) is 28.1 Å². The van der Waals surface area contributed by atoms with E-state index < -0.39 is 5.82 Å². The number of carbonyl (C=O) groups excluding carboxylic acids is 1. The minimum Gasteiger partial charge on any atom is -0.396 e. The van der Waals surface area contributed by atoms with Crippen LogP contribution in [0, 0.1) is 5.82 Å². The maximum atomic E-state index is 13.7. The summed E-state index contributed by atoms with van der Waals surface area (Å²) in [7, 11) is 0. The number of halogens is 2. The highest BCUT2D eigenvalue weighted by atomic mass is 35.5. The molecule has 4 nitrogen and oxygen atoms in total. The van der Waals surface area contributed by atoms with Gasteiger partial charge in [0.15, 0.2) is 0 Å². The average Bonchev–Trinajstić information content (AvgIpc) is 3.05. The van der Waals surface area contributed by atoms with Gasteiger partial charge in [0.1, 0.15) is 5.82 Å². The Kier molecular flexibility index (Phi) is 4.31. The van der Waals surface area contributed by atoms with E-state index in [1.54, 1.807) is 22.4 Å². The Labute approximate surface area is 136 Å². The van der Waals surface area contributed by atoms with E-state index in [0.717, 1.165) is 23.9 Å². The third-order valence-corrected chi connectivity index (χ3v) is 4.99. The van der Waals surface area contributed by atoms with Crippen LogP contribution in [0.1, 0.15) is 34.1 Å². The molecule has 0 unspecified atom stereocenters. The lowest BCUT2D eigenvalue weighted by Gasteiger charge is -2.32. The number of hydrogen-bond donors (Lipinski definition) is 1. The molecule has 1 amide bonds. The van der Waals surface area contributed by atoms with Gasteiger partial charge < -0.3 is 10.6 Å². The van der Waals surface area contributed by atoms with Crippen LogP contribution in [-0.2, 0) is 0 Å². The summed E-state index contributed by atoms with van der Waals surface area (Å²) in [5.41, 5.74) is 5.68. The topological polar surface area (TPSA) is 59.2 Å². The molecule has 1 aromatic heterocycles. The number of aromatic nitrogens is 1. The van der Waals surface area contributed by atoms with Crippen molar-refractivity contribution in [3.63, 3.8) is 0 Å². The second-order valence-corrected chi connectivity index (χ2v) is 6.67. The summed E-state index contributed by atoms with van der Waals surface area (Å²) < 4.78 is 13.7. The number of amides is 1. The molecule has 1 fully saturated rings. The molecule has 2 N–H and O–H groups in total. The first-order chi connectivity index (χ1) is 10.6. The first-order valence-corrected chi connectivity index (χ1v) is 8.25. The predicted molar refractivity (Wildman–Crippen MR) is 85.8 cm³/mol. The van der Waals surface area contributed by atoms with E-state index in [9.17, 15) is 9.18 Å². The molecule has 3 rings (SSSR count). The van der Waals surface area contributed by atoms with Crippen LogP contribution in [-0.4, -0.2) is 28.9 Å². The fourth-order valence-corrected chi connectivity index (χ4v) is 3.70. The Morgan fingerprint density at radius 2 is 2.32 bits per heavy atom. The molecule has 116 valence electrons. The predicted octanol–water partition coefficient (Wildman–Crippen LogP) is 3.54. The lowest BCUT2D eigenvalue weighted by Crippen LogP contribution is -2.39. The van der Waals surface area contributed by atoms with Gasteiger partial charge in [0.25, 0.3) is 5.91 Å². The maximum absolute atomic E-state index is 13.7. The molecule has 2 heterocycles. The van der Waals surface area contributed by atoms with Gasteiger partial charge in [0.2, 0.25) is 0 Å². The Morgan fingerprint density at radius 3 is 3.05 bits per heavy atom. The highest BCUT2D eigenvalue weighted by Crippen LogP contribution is 2.30. The molecule has 0 aliphatic carbocycles. The van der Waals surface area contributed by atoms with E-state index in [2.05, 4.69) is 4.98 Å². The van der Waals surface area contributed by atoms with Crippen molar-refractivity contribution in [3.8, 4) is 0 Å². The number of nitrogens with two attached hydrogens (primary N) is 1. The molecule has 0 saturated carbocycles. The highest BCUT2D eigenvalue weighted by Gasteiger charge is 2.28. The normalized spacial score (nSPS) is 18.5. The van der Waals surface area contributed by atoms with Crippen molar-refractivity contribution < 1.29 is 9.18 Å². The van der Waals surface area contributed by atoms with Crippen molar-refractivity contribution in [2.45, 2.75) is 18.8 Å². The zero-order chi connectivity index (χ0) is 15.7. The van der Waals surface area contributed by atoms with Gasteiger partial charge >= 0.3 is 0 Å². The Hall–Kier alpha value is -1.66. The molecule has 7 heteroatoms. The van der Waals surface area contributed by atoms with Crippen molar-refractivity contribution in [2.75, 3.05) is 18.8 Å². The molecule has 22 heavy (non-hydrogen) atoms. The third kappa shape index (κ3) is 2.94. The zero-order valence-corrected chi connectivity index (χ0v) is 13.3. The van der Waals surface area contributed by atoms with E-state index in [4.69, 9.17) is 17.3 Å². The number of likely N-dealkylation sites (tertiary alicyclic amines) is 1. The molecule has 0 bridgehead atoms. The Bertz CT molecular complexity index is 692. The van der Waals surface area contributed by atoms with Crippen LogP contribution in [0.5, 0.6) is 0 Å². The fraction of sp³-hybridized carbons (Fsp3) is 0.333. The van der Waals surface area contributed by atoms with Crippen LogP contribution < -0.4 is 5.73 Å². The smallest absolute Gasteiger partial charge is 0.256 e. The highest BCUT2D eigenvalue weighted by molar-refractivity contribution is 7.09. The SMILES string of the molecule is Nc1c(F)cc(Cl)cc1C(=O)N1CCC[C@H](c2nccs2)C1. The number of anilines is 1. The third-order valence-electron chi connectivity index (χ3n) is 3.83. The number of carbonyl (C=O) groups is 1. The van der Waals surface area contributed by atoms with Gasteiger partial charge in [-0.3, -0.25) is 4.79 Å². The first kappa shape index (κ1) is 15.2. The molecular weight excluding hydrogens is 325 g/mol. The Balaban J connectivity index is 1.83. The van der Waals surface area contributed by atoms with Gasteiger partial charge in [0, 0.05) is 35.6 Å². The number of hydrogen-bond acceptors (Lipinski definition) is 4. The van der Waals surface area contributed by atoms with Gasteiger partial charge in [-0.05, 0) is 25.0 Å². The molecule has 1 saturated heterocycles. The van der Waals surface area contributed by atoms with Crippen LogP contribution in [0.4, 0.5) is 10.1 Å². The molecule has 1 atom stereocenters. The lowest BCUT2D eigenvalue weighted by atomic mass is 9.98. The summed E-state index contributed by atoms with van der Waals surface area (Å²) >= 11 is 7.43. The number of nitrogens with zero attached hydrogens (tertiary/aromatic N) is 2. The van der Waals surface area contributed by atoms with Gasteiger partial charge in [-0.2, -0.15) is 0 Å². The number of rotatable bonds is 2. The van der Waals surface area contributed by atoms with Crippen LogP contribution >= 0.6 is 22.9 Å². The largest absolute Gasteiger partial charge is 0.396 e. The second-order valence-electron chi connectivity index (χ2n) is 5.31. The minimum atomic E-state index is -0.663. The van der Waals surface area contributed by atoms with E-state index >= 15 is 0 Å². The zero-order valence-electron chi connectivity index (χ0n) is 11.8. The molecule has 2 aromatic rings. The van der Waals surface area contributed by atoms with Crippen molar-refractivity contribution in [2.24, 2.45) is 0 Å². The quantitative estimate of drug-likeness (QED) is 0.851. The summed E-state index contributed by atoms with van der Waals surface area (Å²) in [6.45, 7) is 1.20. The molecule has 1 aromatic carbocycles. The van der Waals surface area contributed by atoms with Crippen LogP contribution in [0.3, 0.4) is 0 Å².